The van der Waals surface area contributed by atoms with Gasteiger partial charge in [-0.15, -0.1) is 11.3 Å². The van der Waals surface area contributed by atoms with Crippen molar-refractivity contribution >= 4 is 33.8 Å². The lowest BCUT2D eigenvalue weighted by molar-refractivity contribution is 0.0935. The molecule has 0 saturated heterocycles. The van der Waals surface area contributed by atoms with Gasteiger partial charge in [-0.3, -0.25) is 9.69 Å². The van der Waals surface area contributed by atoms with Crippen LogP contribution in [0.3, 0.4) is 0 Å². The van der Waals surface area contributed by atoms with Crippen LogP contribution in [0.1, 0.15) is 39.5 Å². The van der Waals surface area contributed by atoms with Crippen LogP contribution >= 0.6 is 22.9 Å². The van der Waals surface area contributed by atoms with E-state index in [9.17, 15) is 4.79 Å². The molecule has 2 aromatic rings. The fourth-order valence-corrected chi connectivity index (χ4v) is 4.86. The largest absolute Gasteiger partial charge is 0.353 e. The summed E-state index contributed by atoms with van der Waals surface area (Å²) in [7, 11) is 0. The number of hydrogen-bond donors (Lipinski definition) is 2. The Morgan fingerprint density at radius 1 is 1.35 bits per heavy atom. The molecule has 1 amide bonds. The van der Waals surface area contributed by atoms with E-state index in [4.69, 9.17) is 11.6 Å². The average molecular weight is 348 g/mol. The standard InChI is InChI=1S/C17H18ClN3OS/c1-2-21-8-7-11-13(9-21)23-17-14(11)16(22)19-15(20-17)10-5-3-4-6-12(10)18/h3-6,15,20H,2,7-9H2,1H3,(H,19,22)/t15-/m1/s1. The number of hydrogen-bond acceptors (Lipinski definition) is 4. The van der Waals surface area contributed by atoms with Crippen molar-refractivity contribution in [3.8, 4) is 0 Å². The van der Waals surface area contributed by atoms with E-state index in [-0.39, 0.29) is 12.1 Å². The van der Waals surface area contributed by atoms with Crippen molar-refractivity contribution in [1.82, 2.24) is 10.2 Å². The lowest BCUT2D eigenvalue weighted by Crippen LogP contribution is -2.39. The highest BCUT2D eigenvalue weighted by Gasteiger charge is 2.33. The van der Waals surface area contributed by atoms with Gasteiger partial charge in [0.25, 0.3) is 5.91 Å². The van der Waals surface area contributed by atoms with Crippen molar-refractivity contribution < 1.29 is 4.79 Å². The molecule has 0 fully saturated rings. The van der Waals surface area contributed by atoms with Gasteiger partial charge in [0.2, 0.25) is 0 Å². The summed E-state index contributed by atoms with van der Waals surface area (Å²) in [6, 6.07) is 7.62. The Morgan fingerprint density at radius 2 is 2.17 bits per heavy atom. The molecular formula is C17H18ClN3OS. The molecule has 4 rings (SSSR count). The van der Waals surface area contributed by atoms with Gasteiger partial charge in [-0.05, 0) is 24.6 Å². The second-order valence-corrected chi connectivity index (χ2v) is 7.41. The highest BCUT2D eigenvalue weighted by atomic mass is 35.5. The molecule has 1 atom stereocenters. The van der Waals surface area contributed by atoms with Gasteiger partial charge < -0.3 is 10.6 Å². The molecule has 23 heavy (non-hydrogen) atoms. The molecular weight excluding hydrogens is 330 g/mol. The maximum atomic E-state index is 12.7. The van der Waals surface area contributed by atoms with Crippen LogP contribution in [0.4, 0.5) is 5.00 Å². The van der Waals surface area contributed by atoms with Crippen molar-refractivity contribution in [2.75, 3.05) is 18.4 Å². The number of anilines is 1. The predicted octanol–water partition coefficient (Wildman–Crippen LogP) is 3.63. The van der Waals surface area contributed by atoms with E-state index in [0.29, 0.717) is 5.02 Å². The molecule has 2 aliphatic heterocycles. The number of rotatable bonds is 2. The fraction of sp³-hybridized carbons (Fsp3) is 0.353. The Bertz CT molecular complexity index is 773. The van der Waals surface area contributed by atoms with Crippen molar-refractivity contribution in [3.63, 3.8) is 0 Å². The molecule has 120 valence electrons. The number of carbonyl (C=O) groups excluding carboxylic acids is 1. The van der Waals surface area contributed by atoms with E-state index >= 15 is 0 Å². The molecule has 1 aromatic carbocycles. The van der Waals surface area contributed by atoms with Crippen LogP contribution in [-0.2, 0) is 13.0 Å². The molecule has 0 bridgehead atoms. The Balaban J connectivity index is 1.69. The quantitative estimate of drug-likeness (QED) is 0.871. The zero-order valence-electron chi connectivity index (χ0n) is 12.9. The molecule has 2 aliphatic rings. The van der Waals surface area contributed by atoms with Crippen LogP contribution in [0, 0.1) is 0 Å². The lowest BCUT2D eigenvalue weighted by atomic mass is 10.0. The summed E-state index contributed by atoms with van der Waals surface area (Å²) in [6.07, 6.45) is 0.673. The Morgan fingerprint density at radius 3 is 2.96 bits per heavy atom. The first-order valence-electron chi connectivity index (χ1n) is 7.86. The summed E-state index contributed by atoms with van der Waals surface area (Å²) in [4.78, 5) is 16.4. The van der Waals surface area contributed by atoms with Crippen molar-refractivity contribution in [2.45, 2.75) is 26.1 Å². The first kappa shape index (κ1) is 15.0. The molecule has 0 spiro atoms. The van der Waals surface area contributed by atoms with Gasteiger partial charge >= 0.3 is 0 Å². The smallest absolute Gasteiger partial charge is 0.256 e. The van der Waals surface area contributed by atoms with E-state index in [1.807, 2.05) is 24.3 Å². The van der Waals surface area contributed by atoms with Gasteiger partial charge in [0.1, 0.15) is 11.2 Å². The molecule has 3 heterocycles. The molecule has 4 nitrogen and oxygen atoms in total. The third-order valence-electron chi connectivity index (χ3n) is 4.58. The number of benzene rings is 1. The van der Waals surface area contributed by atoms with Crippen molar-refractivity contribution in [1.29, 1.82) is 0 Å². The van der Waals surface area contributed by atoms with Crippen LogP contribution in [0.25, 0.3) is 0 Å². The highest BCUT2D eigenvalue weighted by Crippen LogP contribution is 2.41. The summed E-state index contributed by atoms with van der Waals surface area (Å²) in [6.45, 7) is 5.18. The predicted molar refractivity (Wildman–Crippen MR) is 94.3 cm³/mol. The van der Waals surface area contributed by atoms with Gasteiger partial charge in [-0.25, -0.2) is 0 Å². The first-order chi connectivity index (χ1) is 11.2. The van der Waals surface area contributed by atoms with Gasteiger partial charge in [0.05, 0.1) is 5.56 Å². The van der Waals surface area contributed by atoms with E-state index in [1.165, 1.54) is 10.4 Å². The maximum absolute atomic E-state index is 12.7. The molecule has 1 aromatic heterocycles. The third kappa shape index (κ3) is 2.53. The Kier molecular flexibility index (Phi) is 3.79. The summed E-state index contributed by atoms with van der Waals surface area (Å²) in [5.74, 6) is 0.00566. The SMILES string of the molecule is CCN1CCc2c(sc3c2C(=O)N[C@@H](c2ccccc2Cl)N3)C1. The average Bonchev–Trinajstić information content (AvgIpc) is 2.92. The molecule has 0 aliphatic carbocycles. The van der Waals surface area contributed by atoms with Crippen LogP contribution in [-0.4, -0.2) is 23.9 Å². The summed E-state index contributed by atoms with van der Waals surface area (Å²) < 4.78 is 0. The number of carbonyl (C=O) groups is 1. The monoisotopic (exact) mass is 347 g/mol. The molecule has 0 unspecified atom stereocenters. The minimum absolute atomic E-state index is 0.00566. The minimum atomic E-state index is -0.272. The van der Waals surface area contributed by atoms with Crippen LogP contribution < -0.4 is 10.6 Å². The van der Waals surface area contributed by atoms with Gasteiger partial charge in [0, 0.05) is 28.6 Å². The first-order valence-corrected chi connectivity index (χ1v) is 9.05. The molecule has 0 radical (unpaired) electrons. The minimum Gasteiger partial charge on any atom is -0.353 e. The Labute approximate surface area is 144 Å². The molecule has 2 N–H and O–H groups in total. The number of likely N-dealkylation sites (N-methyl/N-ethyl adjacent to an activating group) is 1. The van der Waals surface area contributed by atoms with Gasteiger partial charge in [-0.2, -0.15) is 0 Å². The van der Waals surface area contributed by atoms with Crippen LogP contribution in [0.15, 0.2) is 24.3 Å². The number of fused-ring (bicyclic) bond motifs is 3. The second-order valence-electron chi connectivity index (χ2n) is 5.90. The summed E-state index contributed by atoms with van der Waals surface area (Å²) >= 11 is 7.98. The number of halogens is 1. The van der Waals surface area contributed by atoms with Crippen LogP contribution in [0.2, 0.25) is 5.02 Å². The highest BCUT2D eigenvalue weighted by molar-refractivity contribution is 7.16. The zero-order valence-corrected chi connectivity index (χ0v) is 14.4. The number of amides is 1. The van der Waals surface area contributed by atoms with E-state index in [2.05, 4.69) is 22.5 Å². The molecule has 6 heteroatoms. The van der Waals surface area contributed by atoms with Gasteiger partial charge in [0.15, 0.2) is 0 Å². The maximum Gasteiger partial charge on any atom is 0.256 e. The summed E-state index contributed by atoms with van der Waals surface area (Å²) in [5.41, 5.74) is 2.95. The second kappa shape index (κ2) is 5.82. The Hall–Kier alpha value is -1.56. The zero-order chi connectivity index (χ0) is 16.0. The normalized spacial score (nSPS) is 20.4. The topological polar surface area (TPSA) is 44.4 Å². The third-order valence-corrected chi connectivity index (χ3v) is 6.07. The lowest BCUT2D eigenvalue weighted by Gasteiger charge is -2.28. The number of nitrogens with zero attached hydrogens (tertiary/aromatic N) is 1. The fourth-order valence-electron chi connectivity index (χ4n) is 3.30. The van der Waals surface area contributed by atoms with E-state index in [1.54, 1.807) is 11.3 Å². The number of thiophene rings is 1. The van der Waals surface area contributed by atoms with Crippen molar-refractivity contribution in [2.24, 2.45) is 0 Å². The van der Waals surface area contributed by atoms with Crippen molar-refractivity contribution in [3.05, 3.63) is 50.9 Å². The van der Waals surface area contributed by atoms with E-state index in [0.717, 1.165) is 42.2 Å². The van der Waals surface area contributed by atoms with E-state index < -0.39 is 0 Å². The van der Waals surface area contributed by atoms with Gasteiger partial charge in [-0.1, -0.05) is 36.7 Å². The molecule has 0 saturated carbocycles. The van der Waals surface area contributed by atoms with Crippen LogP contribution in [0.5, 0.6) is 0 Å². The number of nitrogens with one attached hydrogen (secondary N) is 2. The summed E-state index contributed by atoms with van der Waals surface area (Å²) in [5, 5.41) is 8.14.